The maximum atomic E-state index is 5.27. The molecule has 4 heterocycles. The Morgan fingerprint density at radius 3 is 1.51 bits per heavy atom. The Morgan fingerprint density at radius 2 is 0.864 bits per heavy atom. The molecule has 0 saturated heterocycles. The van der Waals surface area contributed by atoms with E-state index in [2.05, 4.69) is 197 Å². The van der Waals surface area contributed by atoms with E-state index in [0.29, 0.717) is 17.5 Å². The van der Waals surface area contributed by atoms with E-state index in [4.69, 9.17) is 15.0 Å². The third-order valence-corrected chi connectivity index (χ3v) is 12.5. The van der Waals surface area contributed by atoms with Crippen LogP contribution >= 0.6 is 11.8 Å². The fourth-order valence-electron chi connectivity index (χ4n) is 8.66. The van der Waals surface area contributed by atoms with Crippen LogP contribution in [0, 0.1) is 0 Å². The minimum atomic E-state index is 0.623. The number of nitrogens with zero attached hydrogens (tertiary/aromatic N) is 5. The van der Waals surface area contributed by atoms with Crippen molar-refractivity contribution in [2.45, 2.75) is 9.79 Å². The normalized spacial score (nSPS) is 12.0. The van der Waals surface area contributed by atoms with Gasteiger partial charge in [0, 0.05) is 48.3 Å². The molecule has 0 saturated carbocycles. The molecule has 59 heavy (non-hydrogen) atoms. The van der Waals surface area contributed by atoms with Crippen LogP contribution in [-0.2, 0) is 0 Å². The van der Waals surface area contributed by atoms with Gasteiger partial charge < -0.3 is 0 Å². The molecule has 0 bridgehead atoms. The third-order valence-electron chi connectivity index (χ3n) is 11.3. The Morgan fingerprint density at radius 1 is 0.356 bits per heavy atom. The second-order valence-corrected chi connectivity index (χ2v) is 15.9. The molecule has 1 aliphatic heterocycles. The summed E-state index contributed by atoms with van der Waals surface area (Å²) in [5.74, 6) is 1.87. The lowest BCUT2D eigenvalue weighted by atomic mass is 10.0. The summed E-state index contributed by atoms with van der Waals surface area (Å²) in [7, 11) is 0. The van der Waals surface area contributed by atoms with E-state index in [0.717, 1.165) is 61.2 Å². The smallest absolute Gasteiger partial charge is 0.164 e. The van der Waals surface area contributed by atoms with Crippen molar-refractivity contribution in [3.63, 3.8) is 0 Å². The quantitative estimate of drug-likeness (QED) is 0.169. The molecule has 0 amide bonds. The van der Waals surface area contributed by atoms with Crippen molar-refractivity contribution >= 4 is 44.6 Å². The second kappa shape index (κ2) is 13.5. The summed E-state index contributed by atoms with van der Waals surface area (Å²) in [5.41, 5.74) is 13.1. The van der Waals surface area contributed by atoms with Gasteiger partial charge in [0.15, 0.2) is 17.5 Å². The average molecular weight is 772 g/mol. The summed E-state index contributed by atoms with van der Waals surface area (Å²) in [4.78, 5) is 18.2. The molecule has 0 radical (unpaired) electrons. The third kappa shape index (κ3) is 5.52. The highest BCUT2D eigenvalue weighted by molar-refractivity contribution is 7.99. The maximum Gasteiger partial charge on any atom is 0.164 e. The van der Waals surface area contributed by atoms with Gasteiger partial charge >= 0.3 is 0 Å². The van der Waals surface area contributed by atoms with Gasteiger partial charge in [-0.05, 0) is 82.9 Å². The Hall–Kier alpha value is -7.54. The Labute approximate surface area is 344 Å². The SMILES string of the molecule is c1ccc(-c2cccc(-c3nc(-c4cccc(-c5ccccc5)c4)nc(-c4ccc5c(c4)c4c6cccc7c6n(c4n5-c4ccccc4)-c4ccccc4S7)n3)c2)cc1. The largest absolute Gasteiger partial charge is 0.295 e. The number of fused-ring (bicyclic) bond motifs is 7. The standard InChI is InChI=1S/C53H33N5S/c1-4-15-34(16-5-1)36-19-12-21-38(31-36)50-54-51(39-22-13-20-37(32-39)35-17-6-2-7-18-35)56-52(55-50)40-29-30-44-43(33-40)48-42-25-14-28-47-49(42)58(45-26-10-11-27-46(45)59-47)53(48)57(44)41-23-8-3-9-24-41/h1-33H. The first-order valence-corrected chi connectivity index (χ1v) is 20.6. The van der Waals surface area contributed by atoms with Crippen LogP contribution in [0.2, 0.25) is 0 Å². The molecule has 6 heteroatoms. The monoisotopic (exact) mass is 771 g/mol. The highest BCUT2D eigenvalue weighted by Crippen LogP contribution is 2.49. The molecule has 0 unspecified atom stereocenters. The van der Waals surface area contributed by atoms with Crippen LogP contribution in [0.5, 0.6) is 0 Å². The van der Waals surface area contributed by atoms with Crippen LogP contribution < -0.4 is 0 Å². The zero-order valence-electron chi connectivity index (χ0n) is 31.7. The van der Waals surface area contributed by atoms with Gasteiger partial charge in [-0.25, -0.2) is 15.0 Å². The molecule has 1 aliphatic rings. The van der Waals surface area contributed by atoms with Crippen LogP contribution in [0.4, 0.5) is 0 Å². The second-order valence-electron chi connectivity index (χ2n) is 14.9. The first-order valence-electron chi connectivity index (χ1n) is 19.8. The van der Waals surface area contributed by atoms with Gasteiger partial charge in [-0.2, -0.15) is 0 Å². The highest BCUT2D eigenvalue weighted by Gasteiger charge is 2.28. The van der Waals surface area contributed by atoms with Crippen LogP contribution in [0.1, 0.15) is 0 Å². The van der Waals surface area contributed by atoms with Gasteiger partial charge in [0.1, 0.15) is 5.65 Å². The van der Waals surface area contributed by atoms with E-state index in [-0.39, 0.29) is 0 Å². The lowest BCUT2D eigenvalue weighted by Crippen LogP contribution is -2.05. The van der Waals surface area contributed by atoms with Crippen molar-refractivity contribution < 1.29 is 0 Å². The zero-order chi connectivity index (χ0) is 38.9. The van der Waals surface area contributed by atoms with Gasteiger partial charge in [-0.1, -0.05) is 151 Å². The summed E-state index contributed by atoms with van der Waals surface area (Å²) in [6, 6.07) is 70.7. The topological polar surface area (TPSA) is 48.5 Å². The fraction of sp³-hybridized carbons (Fsp3) is 0. The number of para-hydroxylation sites is 3. The molecule has 0 spiro atoms. The molecule has 0 fully saturated rings. The van der Waals surface area contributed by atoms with Crippen LogP contribution in [-0.4, -0.2) is 24.1 Å². The Bertz CT molecular complexity index is 3310. The van der Waals surface area contributed by atoms with Crippen molar-refractivity contribution in [1.82, 2.24) is 24.1 Å². The molecule has 276 valence electrons. The van der Waals surface area contributed by atoms with E-state index >= 15 is 0 Å². The summed E-state index contributed by atoms with van der Waals surface area (Å²) < 4.78 is 4.89. The van der Waals surface area contributed by atoms with Gasteiger partial charge in [0.25, 0.3) is 0 Å². The minimum absolute atomic E-state index is 0.623. The van der Waals surface area contributed by atoms with Crippen molar-refractivity contribution in [2.24, 2.45) is 0 Å². The predicted molar refractivity (Wildman–Crippen MR) is 242 cm³/mol. The molecule has 0 atom stereocenters. The maximum absolute atomic E-state index is 5.27. The zero-order valence-corrected chi connectivity index (χ0v) is 32.5. The van der Waals surface area contributed by atoms with E-state index < -0.39 is 0 Å². The molecule has 3 aromatic heterocycles. The predicted octanol–water partition coefficient (Wildman–Crippen LogP) is 13.7. The van der Waals surface area contributed by atoms with E-state index in [9.17, 15) is 0 Å². The summed E-state index contributed by atoms with van der Waals surface area (Å²) in [5, 5.41) is 3.58. The molecule has 8 aromatic carbocycles. The van der Waals surface area contributed by atoms with E-state index in [1.807, 2.05) is 23.9 Å². The lowest BCUT2D eigenvalue weighted by Gasteiger charge is -2.21. The van der Waals surface area contributed by atoms with Gasteiger partial charge in [0.2, 0.25) is 0 Å². The van der Waals surface area contributed by atoms with E-state index in [1.165, 1.54) is 31.8 Å². The van der Waals surface area contributed by atoms with Crippen LogP contribution in [0.15, 0.2) is 210 Å². The number of hydrogen-bond donors (Lipinski definition) is 0. The summed E-state index contributed by atoms with van der Waals surface area (Å²) in [6.45, 7) is 0. The van der Waals surface area contributed by atoms with Crippen molar-refractivity contribution in [3.05, 3.63) is 200 Å². The number of hydrogen-bond acceptors (Lipinski definition) is 4. The van der Waals surface area contributed by atoms with Gasteiger partial charge in [-0.3, -0.25) is 9.13 Å². The van der Waals surface area contributed by atoms with Crippen LogP contribution in [0.25, 0.3) is 101 Å². The van der Waals surface area contributed by atoms with Gasteiger partial charge in [-0.15, -0.1) is 0 Å². The average Bonchev–Trinajstić information content (AvgIpc) is 3.83. The Balaban J connectivity index is 1.11. The molecule has 5 nitrogen and oxygen atoms in total. The number of benzene rings is 8. The van der Waals surface area contributed by atoms with Gasteiger partial charge in [0.05, 0.1) is 16.7 Å². The van der Waals surface area contributed by atoms with Crippen molar-refractivity contribution in [3.8, 4) is 67.8 Å². The van der Waals surface area contributed by atoms with Crippen LogP contribution in [0.3, 0.4) is 0 Å². The first-order chi connectivity index (χ1) is 29.2. The molecular formula is C53H33N5S. The van der Waals surface area contributed by atoms with Crippen molar-refractivity contribution in [2.75, 3.05) is 0 Å². The Kier molecular flexibility index (Phi) is 7.71. The first kappa shape index (κ1) is 33.6. The van der Waals surface area contributed by atoms with E-state index in [1.54, 1.807) is 0 Å². The number of aromatic nitrogens is 5. The van der Waals surface area contributed by atoms with Crippen molar-refractivity contribution in [1.29, 1.82) is 0 Å². The minimum Gasteiger partial charge on any atom is -0.295 e. The summed E-state index contributed by atoms with van der Waals surface area (Å²) >= 11 is 1.84. The molecule has 12 rings (SSSR count). The molecule has 11 aromatic rings. The molecule has 0 aliphatic carbocycles. The molecule has 0 N–H and O–H groups in total. The lowest BCUT2D eigenvalue weighted by molar-refractivity contribution is 1.03. The summed E-state index contributed by atoms with van der Waals surface area (Å²) in [6.07, 6.45) is 0. The number of rotatable bonds is 6. The fourth-order valence-corrected chi connectivity index (χ4v) is 9.75. The molecular weight excluding hydrogens is 739 g/mol. The highest BCUT2D eigenvalue weighted by atomic mass is 32.2.